The van der Waals surface area contributed by atoms with Gasteiger partial charge in [0.1, 0.15) is 0 Å². The van der Waals surface area contributed by atoms with E-state index in [1.807, 2.05) is 0 Å². The van der Waals surface area contributed by atoms with E-state index in [2.05, 4.69) is 0 Å². The summed E-state index contributed by atoms with van der Waals surface area (Å²) in [5, 5.41) is 8.45. The Labute approximate surface area is 108 Å². The van der Waals surface area contributed by atoms with E-state index in [1.54, 1.807) is 12.0 Å². The minimum atomic E-state index is -3.13. The molecule has 0 saturated heterocycles. The number of rotatable bonds is 7. The number of ether oxygens (including phenoxy) is 1. The molecule has 0 heterocycles. The smallest absolute Gasteiger partial charge is 0.317 e. The van der Waals surface area contributed by atoms with Crippen LogP contribution in [-0.4, -0.2) is 68.7 Å². The van der Waals surface area contributed by atoms with Crippen molar-refractivity contribution in [2.24, 2.45) is 0 Å². The van der Waals surface area contributed by atoms with Gasteiger partial charge in [0.05, 0.1) is 18.4 Å². The number of hydrogen-bond acceptors (Lipinski definition) is 5. The van der Waals surface area contributed by atoms with Gasteiger partial charge in [-0.1, -0.05) is 6.42 Å². The zero-order valence-corrected chi connectivity index (χ0v) is 11.6. The van der Waals surface area contributed by atoms with Crippen molar-refractivity contribution in [2.45, 2.75) is 30.6 Å². The van der Waals surface area contributed by atoms with Crippen molar-refractivity contribution < 1.29 is 23.1 Å². The van der Waals surface area contributed by atoms with Gasteiger partial charge in [-0.05, 0) is 12.8 Å². The molecule has 1 N–H and O–H groups in total. The number of hydrogen-bond donors (Lipinski definition) is 1. The third-order valence-corrected chi connectivity index (χ3v) is 5.01. The van der Waals surface area contributed by atoms with Gasteiger partial charge < -0.3 is 9.84 Å². The van der Waals surface area contributed by atoms with Crippen LogP contribution in [0.4, 0.5) is 0 Å². The summed E-state index contributed by atoms with van der Waals surface area (Å²) in [7, 11) is -1.59. The van der Waals surface area contributed by atoms with E-state index >= 15 is 0 Å². The van der Waals surface area contributed by atoms with E-state index in [4.69, 9.17) is 9.84 Å². The summed E-state index contributed by atoms with van der Waals surface area (Å²) in [4.78, 5) is 12.6. The first-order valence-corrected chi connectivity index (χ1v) is 7.95. The number of methoxy groups -OCH3 is 1. The molecule has 2 atom stereocenters. The predicted octanol–water partition coefficient (Wildman–Crippen LogP) is -0.0149. The van der Waals surface area contributed by atoms with Crippen molar-refractivity contribution in [3.63, 3.8) is 0 Å². The Morgan fingerprint density at radius 1 is 1.44 bits per heavy atom. The van der Waals surface area contributed by atoms with Crippen molar-refractivity contribution in [2.75, 3.05) is 33.1 Å². The van der Waals surface area contributed by atoms with Crippen LogP contribution in [0.1, 0.15) is 19.3 Å². The third-order valence-electron chi connectivity index (χ3n) is 3.36. The Bertz CT molecular complexity index is 381. The highest BCUT2D eigenvalue weighted by Gasteiger charge is 2.38. The molecule has 0 aromatic rings. The molecule has 1 aliphatic rings. The molecule has 6 nitrogen and oxygen atoms in total. The Balaban J connectivity index is 2.79. The maximum absolute atomic E-state index is 11.7. The highest BCUT2D eigenvalue weighted by Crippen LogP contribution is 2.29. The van der Waals surface area contributed by atoms with Gasteiger partial charge >= 0.3 is 5.97 Å². The average Bonchev–Trinajstić information content (AvgIpc) is 2.71. The molecule has 0 spiro atoms. The number of aliphatic carboxylic acids is 1. The molecule has 7 heteroatoms. The van der Waals surface area contributed by atoms with Crippen molar-refractivity contribution in [3.8, 4) is 0 Å². The Hall–Kier alpha value is -0.660. The molecule has 1 aliphatic carbocycles. The van der Waals surface area contributed by atoms with Crippen molar-refractivity contribution >= 4 is 15.8 Å². The molecule has 0 bridgehead atoms. The number of nitrogens with zero attached hydrogens (tertiary/aromatic N) is 1. The highest BCUT2D eigenvalue weighted by molar-refractivity contribution is 7.91. The lowest BCUT2D eigenvalue weighted by atomic mass is 10.2. The third kappa shape index (κ3) is 4.22. The fourth-order valence-electron chi connectivity index (χ4n) is 2.57. The van der Waals surface area contributed by atoms with E-state index < -0.39 is 21.1 Å². The second-order valence-corrected chi connectivity index (χ2v) is 6.99. The van der Waals surface area contributed by atoms with Gasteiger partial charge in [-0.3, -0.25) is 9.69 Å². The molecule has 18 heavy (non-hydrogen) atoms. The zero-order chi connectivity index (χ0) is 13.8. The fourth-order valence-corrected chi connectivity index (χ4v) is 4.04. The van der Waals surface area contributed by atoms with Crippen LogP contribution in [0.5, 0.6) is 0 Å². The van der Waals surface area contributed by atoms with Crippen LogP contribution < -0.4 is 0 Å². The van der Waals surface area contributed by atoms with E-state index in [9.17, 15) is 13.2 Å². The normalized spacial score (nSPS) is 24.6. The second-order valence-electron chi connectivity index (χ2n) is 4.72. The van der Waals surface area contributed by atoms with Gasteiger partial charge in [0.2, 0.25) is 0 Å². The lowest BCUT2D eigenvalue weighted by molar-refractivity contribution is -0.139. The first kappa shape index (κ1) is 15.4. The minimum absolute atomic E-state index is 0.139. The number of sulfone groups is 1. The molecule has 1 fully saturated rings. The number of carboxylic acids is 1. The molecular formula is C11H21NO5S. The maximum Gasteiger partial charge on any atom is 0.317 e. The van der Waals surface area contributed by atoms with Gasteiger partial charge in [0.15, 0.2) is 9.84 Å². The lowest BCUT2D eigenvalue weighted by Crippen LogP contribution is -2.47. The van der Waals surface area contributed by atoms with Crippen LogP contribution in [0.3, 0.4) is 0 Å². The Kier molecular flexibility index (Phi) is 5.55. The summed E-state index contributed by atoms with van der Waals surface area (Å²) >= 11 is 0. The molecule has 0 radical (unpaired) electrons. The quantitative estimate of drug-likeness (QED) is 0.705. The van der Waals surface area contributed by atoms with Crippen LogP contribution >= 0.6 is 0 Å². The van der Waals surface area contributed by atoms with Crippen molar-refractivity contribution in [1.82, 2.24) is 4.90 Å². The van der Waals surface area contributed by atoms with E-state index in [-0.39, 0.29) is 12.6 Å². The number of carbonyl (C=O) groups is 1. The molecule has 0 aromatic heterocycles. The minimum Gasteiger partial charge on any atom is -0.480 e. The molecule has 2 unspecified atom stereocenters. The summed E-state index contributed by atoms with van der Waals surface area (Å²) in [5.41, 5.74) is 0. The predicted molar refractivity (Wildman–Crippen MR) is 67.4 cm³/mol. The molecule has 1 rings (SSSR count). The SMILES string of the molecule is COCCN(CC(=O)O)C1CCCC1S(C)(=O)=O. The van der Waals surface area contributed by atoms with Gasteiger partial charge in [0.25, 0.3) is 0 Å². The van der Waals surface area contributed by atoms with E-state index in [1.165, 1.54) is 6.26 Å². The van der Waals surface area contributed by atoms with Crippen molar-refractivity contribution in [1.29, 1.82) is 0 Å². The van der Waals surface area contributed by atoms with Crippen LogP contribution in [0, 0.1) is 0 Å². The first-order valence-electron chi connectivity index (χ1n) is 6.00. The Morgan fingerprint density at radius 2 is 2.11 bits per heavy atom. The topological polar surface area (TPSA) is 83.9 Å². The molecule has 0 aliphatic heterocycles. The maximum atomic E-state index is 11.7. The summed E-state index contributed by atoms with van der Waals surface area (Å²) in [6, 6.07) is -0.203. The van der Waals surface area contributed by atoms with Crippen LogP contribution in [-0.2, 0) is 19.4 Å². The van der Waals surface area contributed by atoms with E-state index in [0.29, 0.717) is 19.6 Å². The van der Waals surface area contributed by atoms with Gasteiger partial charge in [-0.2, -0.15) is 0 Å². The summed E-state index contributed by atoms with van der Waals surface area (Å²) in [6.07, 6.45) is 3.40. The van der Waals surface area contributed by atoms with Crippen LogP contribution in [0.2, 0.25) is 0 Å². The van der Waals surface area contributed by atoms with Gasteiger partial charge in [-0.15, -0.1) is 0 Å². The Morgan fingerprint density at radius 3 is 2.61 bits per heavy atom. The van der Waals surface area contributed by atoms with Gasteiger partial charge in [0, 0.05) is 26.0 Å². The van der Waals surface area contributed by atoms with Gasteiger partial charge in [-0.25, -0.2) is 8.42 Å². The highest BCUT2D eigenvalue weighted by atomic mass is 32.2. The van der Waals surface area contributed by atoms with Crippen molar-refractivity contribution in [3.05, 3.63) is 0 Å². The first-order chi connectivity index (χ1) is 8.36. The lowest BCUT2D eigenvalue weighted by Gasteiger charge is -2.30. The summed E-state index contributed by atoms with van der Waals surface area (Å²) < 4.78 is 28.4. The average molecular weight is 279 g/mol. The second kappa shape index (κ2) is 6.49. The molecule has 0 amide bonds. The summed E-state index contributed by atoms with van der Waals surface area (Å²) in [5.74, 6) is -0.940. The van der Waals surface area contributed by atoms with E-state index in [0.717, 1.165) is 12.8 Å². The molecule has 0 aromatic carbocycles. The molecular weight excluding hydrogens is 258 g/mol. The fraction of sp³-hybridized carbons (Fsp3) is 0.909. The standard InChI is InChI=1S/C11H21NO5S/c1-17-7-6-12(8-11(13)14)9-4-3-5-10(9)18(2,15)16/h9-10H,3-8H2,1-2H3,(H,13,14). The van der Waals surface area contributed by atoms with Crippen LogP contribution in [0.25, 0.3) is 0 Å². The van der Waals surface area contributed by atoms with Crippen LogP contribution in [0.15, 0.2) is 0 Å². The number of carboxylic acid groups (broad SMARTS) is 1. The zero-order valence-electron chi connectivity index (χ0n) is 10.8. The largest absolute Gasteiger partial charge is 0.480 e. The summed E-state index contributed by atoms with van der Waals surface area (Å²) in [6.45, 7) is 0.708. The monoisotopic (exact) mass is 279 g/mol. The molecule has 106 valence electrons. The molecule has 1 saturated carbocycles.